The minimum absolute atomic E-state index is 0.0345. The molecule has 0 aromatic heterocycles. The van der Waals surface area contributed by atoms with Gasteiger partial charge in [-0.3, -0.25) is 20.0 Å². The first-order valence-electron chi connectivity index (χ1n) is 10.2. The molecule has 10 heteroatoms. The van der Waals surface area contributed by atoms with E-state index >= 15 is 0 Å². The molecular formula is C22H22N4O6-2. The lowest BCUT2D eigenvalue weighted by atomic mass is 9.61. The molecule has 32 heavy (non-hydrogen) atoms. The maximum atomic E-state index is 13.1. The molecule has 0 saturated heterocycles. The van der Waals surface area contributed by atoms with Gasteiger partial charge in [-0.15, -0.1) is 0 Å². The summed E-state index contributed by atoms with van der Waals surface area (Å²) in [7, 11) is 0. The van der Waals surface area contributed by atoms with Gasteiger partial charge in [0.25, 0.3) is 0 Å². The van der Waals surface area contributed by atoms with Crippen LogP contribution in [0.4, 0.5) is 22.7 Å². The molecule has 1 fully saturated rings. The van der Waals surface area contributed by atoms with Gasteiger partial charge in [0.1, 0.15) is 0 Å². The number of hydrogen-bond donors (Lipinski definition) is 4. The van der Waals surface area contributed by atoms with Crippen molar-refractivity contribution >= 4 is 34.6 Å². The van der Waals surface area contributed by atoms with E-state index < -0.39 is 11.8 Å². The van der Waals surface area contributed by atoms with Crippen LogP contribution in [0.15, 0.2) is 60.7 Å². The van der Waals surface area contributed by atoms with Gasteiger partial charge in [0.15, 0.2) is 0 Å². The van der Waals surface area contributed by atoms with Gasteiger partial charge in [-0.05, 0) is 73.2 Å². The van der Waals surface area contributed by atoms with E-state index in [2.05, 4.69) is 10.6 Å². The Morgan fingerprint density at radius 3 is 1.34 bits per heavy atom. The van der Waals surface area contributed by atoms with Crippen molar-refractivity contribution in [2.45, 2.75) is 12.8 Å². The number of rotatable bonds is 6. The normalized spacial score (nSPS) is 23.5. The van der Waals surface area contributed by atoms with Crippen LogP contribution in [0.25, 0.3) is 0 Å². The second-order valence-corrected chi connectivity index (χ2v) is 7.96. The number of anilines is 4. The summed E-state index contributed by atoms with van der Waals surface area (Å²) in [5.74, 6) is -1.87. The van der Waals surface area contributed by atoms with Crippen LogP contribution < -0.4 is 21.1 Å². The van der Waals surface area contributed by atoms with Crippen molar-refractivity contribution in [1.82, 2.24) is 0 Å². The fourth-order valence-corrected chi connectivity index (χ4v) is 4.50. The standard InChI is InChI=1S/C22H22N4O6/c27-21(23-15-5-9-17(10-6-15)25(29)30)19-13-1-2-14(4-3-13)20(19)22(28)24-16-7-11-18(12-8-16)26(31)32/h1-2,5-14,19-20,29,31H,3-4H2,(H,23,27)(H,24,28)/q-2. The molecule has 2 aromatic carbocycles. The minimum atomic E-state index is -0.568. The molecule has 168 valence electrons. The molecule has 0 aliphatic heterocycles. The number of hydrogen-bond acceptors (Lipinski definition) is 8. The Bertz CT molecular complexity index is 925. The molecule has 0 heterocycles. The van der Waals surface area contributed by atoms with E-state index in [1.54, 1.807) is 0 Å². The number of carbonyl (C=O) groups is 2. The molecule has 1 saturated carbocycles. The summed E-state index contributed by atoms with van der Waals surface area (Å²) < 4.78 is 0. The fraction of sp³-hybridized carbons (Fsp3) is 0.273. The zero-order valence-electron chi connectivity index (χ0n) is 16.9. The van der Waals surface area contributed by atoms with Crippen LogP contribution in [0.3, 0.4) is 0 Å². The maximum absolute atomic E-state index is 13.1. The highest BCUT2D eigenvalue weighted by atomic mass is 16.8. The van der Waals surface area contributed by atoms with E-state index in [-0.39, 0.29) is 45.5 Å². The zero-order chi connectivity index (χ0) is 22.8. The smallest absolute Gasteiger partial charge is 0.228 e. The second-order valence-electron chi connectivity index (χ2n) is 7.96. The molecule has 4 unspecified atom stereocenters. The highest BCUT2D eigenvalue weighted by Crippen LogP contribution is 2.45. The largest absolute Gasteiger partial charge is 0.733 e. The number of carbonyl (C=O) groups excluding carboxylic acids is 2. The first-order valence-corrected chi connectivity index (χ1v) is 10.2. The Balaban J connectivity index is 1.50. The summed E-state index contributed by atoms with van der Waals surface area (Å²) >= 11 is 0. The molecule has 2 amide bonds. The van der Waals surface area contributed by atoms with Crippen molar-refractivity contribution < 1.29 is 20.0 Å². The fourth-order valence-electron chi connectivity index (χ4n) is 4.50. The van der Waals surface area contributed by atoms with Crippen LogP contribution in [0.1, 0.15) is 12.8 Å². The maximum Gasteiger partial charge on any atom is 0.228 e. The Hall–Kier alpha value is -3.44. The lowest BCUT2D eigenvalue weighted by Crippen LogP contribution is -2.48. The number of amides is 2. The Morgan fingerprint density at radius 2 is 1.06 bits per heavy atom. The lowest BCUT2D eigenvalue weighted by Gasteiger charge is -2.43. The summed E-state index contributed by atoms with van der Waals surface area (Å²) in [4.78, 5) is 26.3. The van der Waals surface area contributed by atoms with Gasteiger partial charge in [0, 0.05) is 11.4 Å². The predicted molar refractivity (Wildman–Crippen MR) is 118 cm³/mol. The number of allylic oxidation sites excluding steroid dienone is 2. The predicted octanol–water partition coefficient (Wildman–Crippen LogP) is 3.48. The first-order chi connectivity index (χ1) is 15.3. The average Bonchev–Trinajstić information content (AvgIpc) is 2.79. The number of benzene rings is 2. The summed E-state index contributed by atoms with van der Waals surface area (Å²) in [5, 5.41) is 44.8. The molecular weight excluding hydrogens is 416 g/mol. The van der Waals surface area contributed by atoms with Gasteiger partial charge in [0.2, 0.25) is 11.8 Å². The minimum Gasteiger partial charge on any atom is -0.733 e. The van der Waals surface area contributed by atoms with Crippen LogP contribution in [-0.4, -0.2) is 22.2 Å². The monoisotopic (exact) mass is 438 g/mol. The van der Waals surface area contributed by atoms with E-state index in [9.17, 15) is 20.0 Å². The highest BCUT2D eigenvalue weighted by Gasteiger charge is 2.48. The third-order valence-corrected chi connectivity index (χ3v) is 6.07. The zero-order valence-corrected chi connectivity index (χ0v) is 16.9. The molecule has 5 rings (SSSR count). The summed E-state index contributed by atoms with van der Waals surface area (Å²) in [6, 6.07) is 11.5. The van der Waals surface area contributed by atoms with E-state index in [4.69, 9.17) is 10.4 Å². The molecule has 3 aliphatic rings. The van der Waals surface area contributed by atoms with E-state index in [0.29, 0.717) is 11.4 Å². The van der Waals surface area contributed by atoms with E-state index in [1.165, 1.54) is 48.5 Å². The van der Waals surface area contributed by atoms with Gasteiger partial charge in [-0.2, -0.15) is 0 Å². The molecule has 10 nitrogen and oxygen atoms in total. The SMILES string of the molecule is O=C(Nc1ccc(N([O-])O)cc1)C1C2C=CC(CC2)C1C(=O)Nc1ccc(N([O-])O)cc1. The molecule has 3 aliphatic carbocycles. The van der Waals surface area contributed by atoms with Gasteiger partial charge in [0.05, 0.1) is 23.2 Å². The van der Waals surface area contributed by atoms with Gasteiger partial charge in [-0.25, -0.2) is 0 Å². The van der Waals surface area contributed by atoms with Crippen molar-refractivity contribution in [3.05, 3.63) is 71.1 Å². The molecule has 0 spiro atoms. The van der Waals surface area contributed by atoms with Crippen molar-refractivity contribution in [1.29, 1.82) is 0 Å². The van der Waals surface area contributed by atoms with Gasteiger partial charge >= 0.3 is 0 Å². The van der Waals surface area contributed by atoms with Crippen molar-refractivity contribution in [2.75, 3.05) is 21.1 Å². The average molecular weight is 438 g/mol. The van der Waals surface area contributed by atoms with Crippen LogP contribution in [0.5, 0.6) is 0 Å². The van der Waals surface area contributed by atoms with Crippen LogP contribution in [-0.2, 0) is 9.59 Å². The van der Waals surface area contributed by atoms with Crippen molar-refractivity contribution in [2.24, 2.45) is 23.7 Å². The van der Waals surface area contributed by atoms with Crippen molar-refractivity contribution in [3.63, 3.8) is 0 Å². The molecule has 0 radical (unpaired) electrons. The van der Waals surface area contributed by atoms with Crippen LogP contribution >= 0.6 is 0 Å². The van der Waals surface area contributed by atoms with Gasteiger partial charge in [-0.1, -0.05) is 12.2 Å². The molecule has 2 aromatic rings. The third kappa shape index (κ3) is 4.43. The Morgan fingerprint density at radius 1 is 0.719 bits per heavy atom. The number of nitrogens with zero attached hydrogens (tertiary/aromatic N) is 2. The topological polar surface area (TPSA) is 151 Å². The van der Waals surface area contributed by atoms with Crippen LogP contribution in [0.2, 0.25) is 0 Å². The second kappa shape index (κ2) is 8.97. The highest BCUT2D eigenvalue weighted by molar-refractivity contribution is 6.00. The summed E-state index contributed by atoms with van der Waals surface area (Å²) in [5.41, 5.74) is 0.971. The number of fused-ring (bicyclic) bond motifs is 2. The van der Waals surface area contributed by atoms with Crippen molar-refractivity contribution in [3.8, 4) is 0 Å². The number of nitrogens with one attached hydrogen (secondary N) is 2. The quantitative estimate of drug-likeness (QED) is 0.395. The lowest BCUT2D eigenvalue weighted by molar-refractivity contribution is -0.134. The third-order valence-electron chi connectivity index (χ3n) is 6.07. The Kier molecular flexibility index (Phi) is 6.10. The van der Waals surface area contributed by atoms with E-state index in [0.717, 1.165) is 12.8 Å². The molecule has 2 bridgehead atoms. The van der Waals surface area contributed by atoms with Gasteiger partial charge < -0.3 is 31.5 Å². The summed E-state index contributed by atoms with van der Waals surface area (Å²) in [6.07, 6.45) is 5.60. The molecule has 4 N–H and O–H groups in total. The van der Waals surface area contributed by atoms with Crippen LogP contribution in [0, 0.1) is 34.1 Å². The van der Waals surface area contributed by atoms with E-state index in [1.807, 2.05) is 12.2 Å². The summed E-state index contributed by atoms with van der Waals surface area (Å²) in [6.45, 7) is 0. The molecule has 4 atom stereocenters. The Labute approximate surface area is 183 Å². The first kappa shape index (κ1) is 21.8.